The first-order valence-electron chi connectivity index (χ1n) is 7.66. The zero-order valence-electron chi connectivity index (χ0n) is 12.2. The summed E-state index contributed by atoms with van der Waals surface area (Å²) in [6.07, 6.45) is 8.30. The van der Waals surface area contributed by atoms with Crippen molar-refractivity contribution in [2.45, 2.75) is 58.4 Å². The maximum absolute atomic E-state index is 13.5. The molecule has 1 saturated carbocycles. The molecule has 1 aromatic rings. The predicted octanol–water partition coefficient (Wildman–Crippen LogP) is 4.76. The Hall–Kier alpha value is -0.890. The van der Waals surface area contributed by atoms with Gasteiger partial charge in [-0.2, -0.15) is 0 Å². The van der Waals surface area contributed by atoms with Crippen LogP contribution >= 0.6 is 0 Å². The molecule has 2 heteroatoms. The van der Waals surface area contributed by atoms with Crippen LogP contribution in [0.3, 0.4) is 0 Å². The highest BCUT2D eigenvalue weighted by Gasteiger charge is 2.14. The van der Waals surface area contributed by atoms with Crippen LogP contribution in [0.25, 0.3) is 0 Å². The molecular weight excluding hydrogens is 237 g/mol. The van der Waals surface area contributed by atoms with Gasteiger partial charge in [-0.15, -0.1) is 0 Å². The van der Waals surface area contributed by atoms with Crippen LogP contribution in [-0.4, -0.2) is 6.54 Å². The van der Waals surface area contributed by atoms with Crippen molar-refractivity contribution >= 4 is 0 Å². The molecule has 0 saturated heterocycles. The van der Waals surface area contributed by atoms with Crippen molar-refractivity contribution in [2.75, 3.05) is 6.54 Å². The van der Waals surface area contributed by atoms with Gasteiger partial charge < -0.3 is 5.32 Å². The van der Waals surface area contributed by atoms with E-state index in [9.17, 15) is 4.39 Å². The molecule has 1 aromatic carbocycles. The molecule has 0 heterocycles. The van der Waals surface area contributed by atoms with Gasteiger partial charge in [-0.05, 0) is 56.3 Å². The highest BCUT2D eigenvalue weighted by molar-refractivity contribution is 5.25. The second-order valence-corrected chi connectivity index (χ2v) is 5.98. The molecule has 1 aliphatic carbocycles. The van der Waals surface area contributed by atoms with Crippen molar-refractivity contribution in [1.82, 2.24) is 5.32 Å². The van der Waals surface area contributed by atoms with Gasteiger partial charge in [-0.25, -0.2) is 4.39 Å². The lowest BCUT2D eigenvalue weighted by Crippen LogP contribution is -2.20. The fraction of sp³-hybridized carbons (Fsp3) is 0.647. The molecule has 1 unspecified atom stereocenters. The van der Waals surface area contributed by atoms with Crippen molar-refractivity contribution in [3.8, 4) is 0 Å². The van der Waals surface area contributed by atoms with Gasteiger partial charge in [0, 0.05) is 6.04 Å². The zero-order chi connectivity index (χ0) is 13.7. The summed E-state index contributed by atoms with van der Waals surface area (Å²) >= 11 is 0. The molecule has 0 aromatic heterocycles. The molecule has 0 bridgehead atoms. The fourth-order valence-corrected chi connectivity index (χ4v) is 3.00. The van der Waals surface area contributed by atoms with Crippen LogP contribution in [0.2, 0.25) is 0 Å². The van der Waals surface area contributed by atoms with Crippen molar-refractivity contribution in [1.29, 1.82) is 0 Å². The van der Waals surface area contributed by atoms with E-state index in [0.29, 0.717) is 0 Å². The van der Waals surface area contributed by atoms with Crippen molar-refractivity contribution in [3.05, 3.63) is 35.1 Å². The van der Waals surface area contributed by atoms with Gasteiger partial charge in [0.15, 0.2) is 0 Å². The molecule has 1 nitrogen and oxygen atoms in total. The topological polar surface area (TPSA) is 12.0 Å². The smallest absolute Gasteiger partial charge is 0.126 e. The first kappa shape index (κ1) is 14.5. The second-order valence-electron chi connectivity index (χ2n) is 5.98. The molecule has 0 spiro atoms. The van der Waals surface area contributed by atoms with Gasteiger partial charge in [0.05, 0.1) is 0 Å². The van der Waals surface area contributed by atoms with Gasteiger partial charge in [0.25, 0.3) is 0 Å². The molecule has 1 fully saturated rings. The van der Waals surface area contributed by atoms with Crippen LogP contribution in [0.1, 0.15) is 62.6 Å². The number of hydrogen-bond donors (Lipinski definition) is 1. The lowest BCUT2D eigenvalue weighted by Gasteiger charge is -2.16. The number of aryl methyl sites for hydroxylation is 1. The monoisotopic (exact) mass is 263 g/mol. The van der Waals surface area contributed by atoms with Crippen molar-refractivity contribution < 1.29 is 4.39 Å². The lowest BCUT2D eigenvalue weighted by atomic mass is 10.0. The summed E-state index contributed by atoms with van der Waals surface area (Å²) in [5, 5.41) is 3.50. The van der Waals surface area contributed by atoms with Crippen LogP contribution in [0.5, 0.6) is 0 Å². The third-order valence-electron chi connectivity index (χ3n) is 4.41. The molecule has 2 rings (SSSR count). The van der Waals surface area contributed by atoms with Crippen molar-refractivity contribution in [3.63, 3.8) is 0 Å². The minimum Gasteiger partial charge on any atom is -0.310 e. The van der Waals surface area contributed by atoms with Gasteiger partial charge in [-0.3, -0.25) is 0 Å². The number of benzene rings is 1. The molecular formula is C17H26FN. The Morgan fingerprint density at radius 1 is 1.32 bits per heavy atom. The SMILES string of the molecule is Cc1ccc(C(C)NCCCC2CCCC2)cc1F. The molecule has 1 atom stereocenters. The Balaban J connectivity index is 1.71. The Morgan fingerprint density at radius 3 is 2.74 bits per heavy atom. The van der Waals surface area contributed by atoms with Gasteiger partial charge in [0.2, 0.25) is 0 Å². The summed E-state index contributed by atoms with van der Waals surface area (Å²) < 4.78 is 13.5. The fourth-order valence-electron chi connectivity index (χ4n) is 3.00. The summed E-state index contributed by atoms with van der Waals surface area (Å²) in [4.78, 5) is 0. The number of hydrogen-bond acceptors (Lipinski definition) is 1. The van der Waals surface area contributed by atoms with E-state index < -0.39 is 0 Å². The third-order valence-corrected chi connectivity index (χ3v) is 4.41. The maximum atomic E-state index is 13.5. The van der Waals surface area contributed by atoms with E-state index in [2.05, 4.69) is 12.2 Å². The zero-order valence-corrected chi connectivity index (χ0v) is 12.2. The second kappa shape index (κ2) is 7.04. The first-order valence-corrected chi connectivity index (χ1v) is 7.66. The van der Waals surface area contributed by atoms with Gasteiger partial charge >= 0.3 is 0 Å². The molecule has 19 heavy (non-hydrogen) atoms. The standard InChI is InChI=1S/C17H26FN/c1-13-9-10-16(12-17(13)18)14(2)19-11-5-8-15-6-3-4-7-15/h9-10,12,14-15,19H,3-8,11H2,1-2H3. The third kappa shape index (κ3) is 4.31. The first-order chi connectivity index (χ1) is 9.16. The Kier molecular flexibility index (Phi) is 5.38. The van der Waals surface area contributed by atoms with E-state index in [1.807, 2.05) is 12.1 Å². The molecule has 1 aliphatic rings. The average molecular weight is 263 g/mol. The summed E-state index contributed by atoms with van der Waals surface area (Å²) in [7, 11) is 0. The van der Waals surface area contributed by atoms with Crippen LogP contribution < -0.4 is 5.32 Å². The summed E-state index contributed by atoms with van der Waals surface area (Å²) in [6.45, 7) is 4.95. The van der Waals surface area contributed by atoms with E-state index in [1.54, 1.807) is 13.0 Å². The normalized spacial score (nSPS) is 17.8. The predicted molar refractivity (Wildman–Crippen MR) is 78.7 cm³/mol. The highest BCUT2D eigenvalue weighted by atomic mass is 19.1. The van der Waals surface area contributed by atoms with Crippen LogP contribution in [0.4, 0.5) is 4.39 Å². The number of nitrogens with one attached hydrogen (secondary N) is 1. The van der Waals surface area contributed by atoms with E-state index in [4.69, 9.17) is 0 Å². The van der Waals surface area contributed by atoms with Crippen LogP contribution in [-0.2, 0) is 0 Å². The Labute approximate surface area is 116 Å². The summed E-state index contributed by atoms with van der Waals surface area (Å²) in [5.74, 6) is 0.867. The summed E-state index contributed by atoms with van der Waals surface area (Å²) in [5.41, 5.74) is 1.76. The van der Waals surface area contributed by atoms with Crippen molar-refractivity contribution in [2.24, 2.45) is 5.92 Å². The number of rotatable bonds is 6. The average Bonchev–Trinajstić information content (AvgIpc) is 2.91. The van der Waals surface area contributed by atoms with E-state index in [0.717, 1.165) is 23.6 Å². The molecule has 0 aliphatic heterocycles. The van der Waals surface area contributed by atoms with Crippen LogP contribution in [0, 0.1) is 18.7 Å². The minimum atomic E-state index is -0.0999. The quantitative estimate of drug-likeness (QED) is 0.730. The van der Waals surface area contributed by atoms with E-state index in [-0.39, 0.29) is 11.9 Å². The maximum Gasteiger partial charge on any atom is 0.126 e. The van der Waals surface area contributed by atoms with E-state index >= 15 is 0 Å². The highest BCUT2D eigenvalue weighted by Crippen LogP contribution is 2.28. The Morgan fingerprint density at radius 2 is 2.05 bits per heavy atom. The molecule has 106 valence electrons. The van der Waals surface area contributed by atoms with Gasteiger partial charge in [0.1, 0.15) is 5.82 Å². The van der Waals surface area contributed by atoms with E-state index in [1.165, 1.54) is 38.5 Å². The van der Waals surface area contributed by atoms with Crippen LogP contribution in [0.15, 0.2) is 18.2 Å². The minimum absolute atomic E-state index is 0.0999. The number of halogens is 1. The summed E-state index contributed by atoms with van der Waals surface area (Å²) in [6, 6.07) is 5.77. The van der Waals surface area contributed by atoms with Gasteiger partial charge in [-0.1, -0.05) is 37.8 Å². The molecule has 1 N–H and O–H groups in total. The molecule has 0 radical (unpaired) electrons. The Bertz CT molecular complexity index is 396. The molecule has 0 amide bonds. The lowest BCUT2D eigenvalue weighted by molar-refractivity contribution is 0.456. The largest absolute Gasteiger partial charge is 0.310 e.